The third-order valence-electron chi connectivity index (χ3n) is 4.84. The van der Waals surface area contributed by atoms with Gasteiger partial charge in [0.15, 0.2) is 0 Å². The van der Waals surface area contributed by atoms with Crippen LogP contribution in [0.5, 0.6) is 0 Å². The monoisotopic (exact) mass is 194 g/mol. The molecule has 2 saturated carbocycles. The van der Waals surface area contributed by atoms with Crippen LogP contribution in [0.2, 0.25) is 0 Å². The van der Waals surface area contributed by atoms with E-state index >= 15 is 0 Å². The maximum atomic E-state index is 2.42. The van der Waals surface area contributed by atoms with E-state index in [2.05, 4.69) is 41.5 Å². The van der Waals surface area contributed by atoms with Crippen molar-refractivity contribution in [2.24, 2.45) is 47.3 Å². The fraction of sp³-hybridized carbons (Fsp3) is 1.00. The summed E-state index contributed by atoms with van der Waals surface area (Å²) in [6.45, 7) is 14.5. The van der Waals surface area contributed by atoms with Gasteiger partial charge in [-0.1, -0.05) is 41.5 Å². The Hall–Kier alpha value is 0. The van der Waals surface area contributed by atoms with E-state index in [4.69, 9.17) is 0 Å². The van der Waals surface area contributed by atoms with Crippen molar-refractivity contribution >= 4 is 0 Å². The number of fused-ring (bicyclic) bond motifs is 1. The molecule has 2 aliphatic carbocycles. The Labute approximate surface area is 89.5 Å². The van der Waals surface area contributed by atoms with Gasteiger partial charge in [-0.05, 0) is 47.3 Å². The molecule has 0 aromatic rings. The van der Waals surface area contributed by atoms with E-state index < -0.39 is 0 Å². The quantitative estimate of drug-likeness (QED) is 0.635. The van der Waals surface area contributed by atoms with Crippen molar-refractivity contribution in [3.05, 3.63) is 0 Å². The van der Waals surface area contributed by atoms with E-state index in [9.17, 15) is 0 Å². The molecule has 0 aromatic carbocycles. The first-order valence-corrected chi connectivity index (χ1v) is 6.46. The molecule has 82 valence electrons. The molecule has 0 heteroatoms. The van der Waals surface area contributed by atoms with Gasteiger partial charge >= 0.3 is 0 Å². The Morgan fingerprint density at radius 2 is 0.786 bits per heavy atom. The second-order valence-corrected chi connectivity index (χ2v) is 6.62. The zero-order valence-corrected chi connectivity index (χ0v) is 10.6. The van der Waals surface area contributed by atoms with Gasteiger partial charge in [0, 0.05) is 0 Å². The largest absolute Gasteiger partial charge is 0.0625 e. The molecule has 0 heterocycles. The molecule has 2 rings (SSSR count). The standard InChI is InChI=1S/C14H26/c1-7(2)10-11(8(3)4)14-12(9(5)6)13(10)14/h7-14H,1-6H3. The van der Waals surface area contributed by atoms with Gasteiger partial charge in [0.2, 0.25) is 0 Å². The molecule has 0 spiro atoms. The molecule has 0 saturated heterocycles. The molecule has 4 unspecified atom stereocenters. The van der Waals surface area contributed by atoms with Crippen molar-refractivity contribution in [1.82, 2.24) is 0 Å². The van der Waals surface area contributed by atoms with Gasteiger partial charge in [0.1, 0.15) is 0 Å². The molecule has 4 atom stereocenters. The van der Waals surface area contributed by atoms with Crippen LogP contribution in [0.1, 0.15) is 41.5 Å². The highest BCUT2D eigenvalue weighted by Crippen LogP contribution is 2.73. The molecule has 0 amide bonds. The Morgan fingerprint density at radius 1 is 0.500 bits per heavy atom. The summed E-state index contributed by atoms with van der Waals surface area (Å²) in [4.78, 5) is 0. The highest BCUT2D eigenvalue weighted by Gasteiger charge is 2.69. The lowest BCUT2D eigenvalue weighted by Crippen LogP contribution is -2.37. The van der Waals surface area contributed by atoms with Crippen LogP contribution in [-0.4, -0.2) is 0 Å². The smallest absolute Gasteiger partial charge is 0.0313 e. The first-order valence-electron chi connectivity index (χ1n) is 6.46. The summed E-state index contributed by atoms with van der Waals surface area (Å²) in [5, 5.41) is 0. The molecular weight excluding hydrogens is 168 g/mol. The second kappa shape index (κ2) is 3.25. The molecule has 0 aliphatic heterocycles. The lowest BCUT2D eigenvalue weighted by molar-refractivity contribution is 0.0620. The van der Waals surface area contributed by atoms with Crippen molar-refractivity contribution in [3.8, 4) is 0 Å². The maximum absolute atomic E-state index is 2.42. The summed E-state index contributed by atoms with van der Waals surface area (Å²) >= 11 is 0. The molecule has 0 aromatic heterocycles. The Bertz CT molecular complexity index is 194. The Balaban J connectivity index is 2.06. The number of hydrogen-bond acceptors (Lipinski definition) is 0. The van der Waals surface area contributed by atoms with Crippen LogP contribution in [-0.2, 0) is 0 Å². The lowest BCUT2D eigenvalue weighted by atomic mass is 9.64. The predicted octanol–water partition coefficient (Wildman–Crippen LogP) is 4.06. The van der Waals surface area contributed by atoms with E-state index in [0.717, 1.165) is 47.3 Å². The zero-order chi connectivity index (χ0) is 10.6. The summed E-state index contributed by atoms with van der Waals surface area (Å²) in [5.74, 6) is 8.15. The van der Waals surface area contributed by atoms with Crippen LogP contribution < -0.4 is 0 Å². The van der Waals surface area contributed by atoms with Crippen LogP contribution in [0.15, 0.2) is 0 Å². The van der Waals surface area contributed by atoms with Gasteiger partial charge in [-0.25, -0.2) is 0 Å². The van der Waals surface area contributed by atoms with Gasteiger partial charge in [0.25, 0.3) is 0 Å². The van der Waals surface area contributed by atoms with E-state index in [1.807, 2.05) is 0 Å². The topological polar surface area (TPSA) is 0 Å². The molecule has 0 bridgehead atoms. The number of hydrogen-bond donors (Lipinski definition) is 0. The third kappa shape index (κ3) is 1.26. The lowest BCUT2D eigenvalue weighted by Gasteiger charge is -2.41. The van der Waals surface area contributed by atoms with Gasteiger partial charge in [-0.15, -0.1) is 0 Å². The Morgan fingerprint density at radius 3 is 1.00 bits per heavy atom. The minimum absolute atomic E-state index is 0.910. The SMILES string of the molecule is CC(C)C1C(C(C)C)C2C(C(C)C)C12. The fourth-order valence-electron chi connectivity index (χ4n) is 4.45. The number of rotatable bonds is 3. The van der Waals surface area contributed by atoms with Crippen molar-refractivity contribution in [2.75, 3.05) is 0 Å². The highest BCUT2D eigenvalue weighted by molar-refractivity contribution is 5.16. The molecule has 0 nitrogen and oxygen atoms in total. The van der Waals surface area contributed by atoms with Crippen molar-refractivity contribution in [3.63, 3.8) is 0 Å². The van der Waals surface area contributed by atoms with Gasteiger partial charge < -0.3 is 0 Å². The molecule has 2 aliphatic rings. The summed E-state index contributed by atoms with van der Waals surface area (Å²) in [7, 11) is 0. The molecule has 2 fully saturated rings. The minimum Gasteiger partial charge on any atom is -0.0625 e. The first-order chi connectivity index (χ1) is 6.46. The zero-order valence-electron chi connectivity index (χ0n) is 10.6. The van der Waals surface area contributed by atoms with Crippen LogP contribution in [0.4, 0.5) is 0 Å². The normalized spacial score (nSPS) is 45.6. The van der Waals surface area contributed by atoms with Gasteiger partial charge in [-0.3, -0.25) is 0 Å². The van der Waals surface area contributed by atoms with Gasteiger partial charge in [0.05, 0.1) is 0 Å². The second-order valence-electron chi connectivity index (χ2n) is 6.62. The van der Waals surface area contributed by atoms with Crippen LogP contribution in [0, 0.1) is 47.3 Å². The fourth-order valence-corrected chi connectivity index (χ4v) is 4.45. The maximum Gasteiger partial charge on any atom is -0.0313 e. The van der Waals surface area contributed by atoms with Crippen molar-refractivity contribution in [2.45, 2.75) is 41.5 Å². The van der Waals surface area contributed by atoms with Crippen molar-refractivity contribution < 1.29 is 0 Å². The van der Waals surface area contributed by atoms with E-state index in [-0.39, 0.29) is 0 Å². The summed E-state index contributed by atoms with van der Waals surface area (Å²) < 4.78 is 0. The van der Waals surface area contributed by atoms with Crippen LogP contribution in [0.25, 0.3) is 0 Å². The Kier molecular flexibility index (Phi) is 2.44. The minimum atomic E-state index is 0.910. The van der Waals surface area contributed by atoms with Gasteiger partial charge in [-0.2, -0.15) is 0 Å². The summed E-state index contributed by atoms with van der Waals surface area (Å²) in [6, 6.07) is 0. The summed E-state index contributed by atoms with van der Waals surface area (Å²) in [6.07, 6.45) is 0. The van der Waals surface area contributed by atoms with E-state index in [1.165, 1.54) is 0 Å². The first kappa shape index (κ1) is 10.5. The van der Waals surface area contributed by atoms with Crippen LogP contribution >= 0.6 is 0 Å². The highest BCUT2D eigenvalue weighted by atomic mass is 14.7. The third-order valence-corrected chi connectivity index (χ3v) is 4.84. The van der Waals surface area contributed by atoms with E-state index in [0.29, 0.717) is 0 Å². The average Bonchev–Trinajstić information content (AvgIpc) is 2.55. The molecule has 0 radical (unpaired) electrons. The van der Waals surface area contributed by atoms with Crippen LogP contribution in [0.3, 0.4) is 0 Å². The predicted molar refractivity (Wildman–Crippen MR) is 62.0 cm³/mol. The van der Waals surface area contributed by atoms with E-state index in [1.54, 1.807) is 0 Å². The average molecular weight is 194 g/mol. The summed E-state index contributed by atoms with van der Waals surface area (Å²) in [5.41, 5.74) is 0. The molecule has 14 heavy (non-hydrogen) atoms. The van der Waals surface area contributed by atoms with Crippen molar-refractivity contribution in [1.29, 1.82) is 0 Å². The molecule has 0 N–H and O–H groups in total. The molecular formula is C14H26.